The zero-order chi connectivity index (χ0) is 13.5. The highest BCUT2D eigenvalue weighted by atomic mass is 79.9. The minimum atomic E-state index is 0.236. The third-order valence-electron chi connectivity index (χ3n) is 2.47. The highest BCUT2D eigenvalue weighted by Crippen LogP contribution is 2.34. The van der Waals surface area contributed by atoms with Crippen molar-refractivity contribution in [2.75, 3.05) is 20.3 Å². The lowest BCUT2D eigenvalue weighted by atomic mass is 10.2. The van der Waals surface area contributed by atoms with Gasteiger partial charge in [0.05, 0.1) is 22.2 Å². The van der Waals surface area contributed by atoms with Crippen molar-refractivity contribution >= 4 is 31.9 Å². The molecule has 1 N–H and O–H groups in total. The Morgan fingerprint density at radius 3 is 2.39 bits per heavy atom. The van der Waals surface area contributed by atoms with Crippen molar-refractivity contribution in [1.29, 1.82) is 0 Å². The molecule has 0 fully saturated rings. The summed E-state index contributed by atoms with van der Waals surface area (Å²) in [6, 6.07) is 4.11. The van der Waals surface area contributed by atoms with E-state index in [1.165, 1.54) is 5.56 Å². The molecule has 1 atom stereocenters. The number of methoxy groups -OCH3 is 1. The standard InChI is InChI=1S/C13H19Br2NO2/c1-4-18-9(2)7-16-8-10-5-11(14)13(17-3)12(15)6-10/h5-6,9,16H,4,7-8H2,1-3H3. The average molecular weight is 381 g/mol. The second-order valence-corrected chi connectivity index (χ2v) is 5.70. The molecule has 0 radical (unpaired) electrons. The van der Waals surface area contributed by atoms with Crippen LogP contribution in [0.2, 0.25) is 0 Å². The zero-order valence-corrected chi connectivity index (χ0v) is 14.1. The van der Waals surface area contributed by atoms with Gasteiger partial charge in [-0.3, -0.25) is 0 Å². The molecule has 3 nitrogen and oxygen atoms in total. The van der Waals surface area contributed by atoms with E-state index in [4.69, 9.17) is 9.47 Å². The predicted molar refractivity (Wildman–Crippen MR) is 81.2 cm³/mol. The van der Waals surface area contributed by atoms with Crippen molar-refractivity contribution in [2.45, 2.75) is 26.5 Å². The number of hydrogen-bond donors (Lipinski definition) is 1. The van der Waals surface area contributed by atoms with Gasteiger partial charge in [-0.05, 0) is 63.4 Å². The summed E-state index contributed by atoms with van der Waals surface area (Å²) >= 11 is 6.99. The Morgan fingerprint density at radius 1 is 1.28 bits per heavy atom. The van der Waals surface area contributed by atoms with Gasteiger partial charge < -0.3 is 14.8 Å². The first kappa shape index (κ1) is 16.0. The summed E-state index contributed by atoms with van der Waals surface area (Å²) in [5.74, 6) is 0.821. The largest absolute Gasteiger partial charge is 0.494 e. The second-order valence-electron chi connectivity index (χ2n) is 3.99. The van der Waals surface area contributed by atoms with Crippen LogP contribution < -0.4 is 10.1 Å². The maximum atomic E-state index is 5.46. The lowest BCUT2D eigenvalue weighted by Crippen LogP contribution is -2.26. The maximum absolute atomic E-state index is 5.46. The Bertz CT molecular complexity index is 362. The summed E-state index contributed by atoms with van der Waals surface area (Å²) in [5, 5.41) is 3.37. The molecule has 0 aliphatic rings. The first-order valence-electron chi connectivity index (χ1n) is 5.92. The summed E-state index contributed by atoms with van der Waals surface area (Å²) in [7, 11) is 1.66. The molecular formula is C13H19Br2NO2. The topological polar surface area (TPSA) is 30.5 Å². The number of benzene rings is 1. The molecule has 0 bridgehead atoms. The third kappa shape index (κ3) is 4.88. The first-order chi connectivity index (χ1) is 8.58. The molecule has 0 amide bonds. The average Bonchev–Trinajstić information content (AvgIpc) is 2.29. The van der Waals surface area contributed by atoms with Crippen molar-refractivity contribution < 1.29 is 9.47 Å². The molecule has 0 aliphatic carbocycles. The molecule has 0 heterocycles. The normalized spacial score (nSPS) is 12.5. The summed E-state index contributed by atoms with van der Waals surface area (Å²) in [4.78, 5) is 0. The number of ether oxygens (including phenoxy) is 2. The Labute approximate surface area is 125 Å². The van der Waals surface area contributed by atoms with Crippen molar-refractivity contribution in [1.82, 2.24) is 5.32 Å². The Hall–Kier alpha value is -0.100. The van der Waals surface area contributed by atoms with Gasteiger partial charge in [0.15, 0.2) is 0 Å². The van der Waals surface area contributed by atoms with E-state index in [2.05, 4.69) is 56.2 Å². The van der Waals surface area contributed by atoms with Gasteiger partial charge in [-0.15, -0.1) is 0 Å². The minimum Gasteiger partial charge on any atom is -0.494 e. The highest BCUT2D eigenvalue weighted by Gasteiger charge is 2.08. The fourth-order valence-electron chi connectivity index (χ4n) is 1.67. The summed E-state index contributed by atoms with van der Waals surface area (Å²) in [5.41, 5.74) is 1.19. The minimum absolute atomic E-state index is 0.236. The smallest absolute Gasteiger partial charge is 0.147 e. The molecule has 0 saturated carbocycles. The fourth-order valence-corrected chi connectivity index (χ4v) is 3.28. The molecule has 0 aromatic heterocycles. The van der Waals surface area contributed by atoms with Gasteiger partial charge in [-0.1, -0.05) is 0 Å². The molecule has 0 aliphatic heterocycles. The molecular weight excluding hydrogens is 362 g/mol. The first-order valence-corrected chi connectivity index (χ1v) is 7.51. The van der Waals surface area contributed by atoms with Gasteiger partial charge in [0.2, 0.25) is 0 Å². The molecule has 102 valence electrons. The lowest BCUT2D eigenvalue weighted by molar-refractivity contribution is 0.0759. The van der Waals surface area contributed by atoms with E-state index < -0.39 is 0 Å². The SMILES string of the molecule is CCOC(C)CNCc1cc(Br)c(OC)c(Br)c1. The molecule has 0 saturated heterocycles. The lowest BCUT2D eigenvalue weighted by Gasteiger charge is -2.13. The van der Waals surface area contributed by atoms with E-state index in [1.54, 1.807) is 7.11 Å². The van der Waals surface area contributed by atoms with Crippen LogP contribution in [0.25, 0.3) is 0 Å². The van der Waals surface area contributed by atoms with Crippen molar-refractivity contribution in [3.05, 3.63) is 26.6 Å². The van der Waals surface area contributed by atoms with Gasteiger partial charge in [0.1, 0.15) is 5.75 Å². The third-order valence-corrected chi connectivity index (χ3v) is 3.65. The van der Waals surface area contributed by atoms with Crippen LogP contribution in [-0.4, -0.2) is 26.4 Å². The second kappa shape index (κ2) is 8.15. The van der Waals surface area contributed by atoms with Crippen LogP contribution in [0.3, 0.4) is 0 Å². The molecule has 1 rings (SSSR count). The van der Waals surface area contributed by atoms with Crippen LogP contribution in [0.1, 0.15) is 19.4 Å². The van der Waals surface area contributed by atoms with Crippen molar-refractivity contribution in [3.63, 3.8) is 0 Å². The molecule has 5 heteroatoms. The van der Waals surface area contributed by atoms with E-state index in [1.807, 2.05) is 6.92 Å². The Kier molecular flexibility index (Phi) is 7.22. The molecule has 1 unspecified atom stereocenters. The quantitative estimate of drug-likeness (QED) is 0.781. The molecule has 1 aromatic carbocycles. The van der Waals surface area contributed by atoms with Crippen LogP contribution in [0.15, 0.2) is 21.1 Å². The number of rotatable bonds is 7. The van der Waals surface area contributed by atoms with E-state index in [-0.39, 0.29) is 6.10 Å². The Balaban J connectivity index is 2.53. The van der Waals surface area contributed by atoms with E-state index >= 15 is 0 Å². The van der Waals surface area contributed by atoms with Crippen LogP contribution in [0.5, 0.6) is 5.75 Å². The van der Waals surface area contributed by atoms with Gasteiger partial charge in [-0.2, -0.15) is 0 Å². The number of halogens is 2. The predicted octanol–water partition coefficient (Wildman–Crippen LogP) is 3.73. The summed E-state index contributed by atoms with van der Waals surface area (Å²) in [6.45, 7) is 6.47. The van der Waals surface area contributed by atoms with E-state index in [9.17, 15) is 0 Å². The molecule has 18 heavy (non-hydrogen) atoms. The molecule has 1 aromatic rings. The van der Waals surface area contributed by atoms with Crippen molar-refractivity contribution in [2.24, 2.45) is 0 Å². The van der Waals surface area contributed by atoms with Crippen molar-refractivity contribution in [3.8, 4) is 5.75 Å². The summed E-state index contributed by atoms with van der Waals surface area (Å²) in [6.07, 6.45) is 0.236. The monoisotopic (exact) mass is 379 g/mol. The fraction of sp³-hybridized carbons (Fsp3) is 0.538. The zero-order valence-electron chi connectivity index (χ0n) is 10.9. The Morgan fingerprint density at radius 2 is 1.89 bits per heavy atom. The van der Waals surface area contributed by atoms with E-state index in [0.717, 1.165) is 34.4 Å². The van der Waals surface area contributed by atoms with Crippen LogP contribution >= 0.6 is 31.9 Å². The van der Waals surface area contributed by atoms with Crippen LogP contribution in [0.4, 0.5) is 0 Å². The molecule has 0 spiro atoms. The van der Waals surface area contributed by atoms with Crippen LogP contribution in [-0.2, 0) is 11.3 Å². The van der Waals surface area contributed by atoms with Gasteiger partial charge >= 0.3 is 0 Å². The summed E-state index contributed by atoms with van der Waals surface area (Å²) < 4.78 is 12.6. The number of hydrogen-bond acceptors (Lipinski definition) is 3. The van der Waals surface area contributed by atoms with E-state index in [0.29, 0.717) is 0 Å². The highest BCUT2D eigenvalue weighted by molar-refractivity contribution is 9.11. The maximum Gasteiger partial charge on any atom is 0.147 e. The number of nitrogens with one attached hydrogen (secondary N) is 1. The van der Waals surface area contributed by atoms with Gasteiger partial charge in [-0.25, -0.2) is 0 Å². The van der Waals surface area contributed by atoms with Crippen LogP contribution in [0, 0.1) is 0 Å². The van der Waals surface area contributed by atoms with Gasteiger partial charge in [0.25, 0.3) is 0 Å². The van der Waals surface area contributed by atoms with Gasteiger partial charge in [0, 0.05) is 19.7 Å².